The summed E-state index contributed by atoms with van der Waals surface area (Å²) in [7, 11) is 0. The standard InChI is InChI=1S/C10H11NO2/c12-10(13)5-7-6-11-9-4-2-1-3-8(7)9/h1-4,7,11H,5-6H2,(H,12,13)/p-1. The molecular weight excluding hydrogens is 166 g/mol. The van der Waals surface area contributed by atoms with Gasteiger partial charge in [0, 0.05) is 24.1 Å². The first-order valence-corrected chi connectivity index (χ1v) is 4.30. The minimum atomic E-state index is -0.983. The molecule has 0 bridgehead atoms. The minimum Gasteiger partial charge on any atom is -0.550 e. The van der Waals surface area contributed by atoms with Crippen LogP contribution in [0.2, 0.25) is 0 Å². The average Bonchev–Trinajstić information content (AvgIpc) is 2.48. The SMILES string of the molecule is O=C([O-])CC1CNc2ccccc21. The summed E-state index contributed by atoms with van der Waals surface area (Å²) in [5, 5.41) is 13.6. The highest BCUT2D eigenvalue weighted by Gasteiger charge is 2.20. The summed E-state index contributed by atoms with van der Waals surface area (Å²) in [5.41, 5.74) is 2.14. The summed E-state index contributed by atoms with van der Waals surface area (Å²) >= 11 is 0. The predicted molar refractivity (Wildman–Crippen MR) is 47.3 cm³/mol. The van der Waals surface area contributed by atoms with Crippen molar-refractivity contribution < 1.29 is 9.90 Å². The Labute approximate surface area is 76.4 Å². The van der Waals surface area contributed by atoms with Crippen molar-refractivity contribution in [2.75, 3.05) is 11.9 Å². The zero-order chi connectivity index (χ0) is 9.26. The zero-order valence-corrected chi connectivity index (χ0v) is 7.12. The van der Waals surface area contributed by atoms with Gasteiger partial charge in [0.15, 0.2) is 0 Å². The quantitative estimate of drug-likeness (QED) is 0.706. The Kier molecular flexibility index (Phi) is 1.93. The van der Waals surface area contributed by atoms with Gasteiger partial charge in [-0.05, 0) is 18.1 Å². The lowest BCUT2D eigenvalue weighted by Crippen LogP contribution is -2.25. The van der Waals surface area contributed by atoms with Crippen LogP contribution < -0.4 is 10.4 Å². The van der Waals surface area contributed by atoms with Crippen LogP contribution in [0, 0.1) is 0 Å². The molecule has 1 atom stereocenters. The smallest absolute Gasteiger partial charge is 0.0421 e. The van der Waals surface area contributed by atoms with Gasteiger partial charge in [-0.1, -0.05) is 18.2 Å². The van der Waals surface area contributed by atoms with Gasteiger partial charge in [0.05, 0.1) is 0 Å². The Morgan fingerprint density at radius 1 is 1.54 bits per heavy atom. The van der Waals surface area contributed by atoms with Gasteiger partial charge in [-0.2, -0.15) is 0 Å². The lowest BCUT2D eigenvalue weighted by molar-refractivity contribution is -0.306. The van der Waals surface area contributed by atoms with Crippen molar-refractivity contribution in [2.24, 2.45) is 0 Å². The Bertz CT molecular complexity index is 335. The van der Waals surface area contributed by atoms with Crippen molar-refractivity contribution in [3.63, 3.8) is 0 Å². The second-order valence-electron chi connectivity index (χ2n) is 3.24. The first-order valence-electron chi connectivity index (χ1n) is 4.30. The van der Waals surface area contributed by atoms with Gasteiger partial charge in [-0.25, -0.2) is 0 Å². The summed E-state index contributed by atoms with van der Waals surface area (Å²) < 4.78 is 0. The number of carboxylic acid groups (broad SMARTS) is 1. The maximum absolute atomic E-state index is 10.4. The summed E-state index contributed by atoms with van der Waals surface area (Å²) in [4.78, 5) is 10.4. The van der Waals surface area contributed by atoms with Crippen LogP contribution in [0.1, 0.15) is 17.9 Å². The van der Waals surface area contributed by atoms with Gasteiger partial charge in [0.25, 0.3) is 0 Å². The fourth-order valence-electron chi connectivity index (χ4n) is 1.74. The molecule has 0 amide bonds. The topological polar surface area (TPSA) is 52.2 Å². The number of carbonyl (C=O) groups is 1. The summed E-state index contributed by atoms with van der Waals surface area (Å²) in [6, 6.07) is 7.79. The van der Waals surface area contributed by atoms with E-state index >= 15 is 0 Å². The molecule has 1 aromatic rings. The van der Waals surface area contributed by atoms with E-state index in [-0.39, 0.29) is 12.3 Å². The number of para-hydroxylation sites is 1. The van der Waals surface area contributed by atoms with E-state index in [1.165, 1.54) is 0 Å². The van der Waals surface area contributed by atoms with Gasteiger partial charge in [-0.3, -0.25) is 0 Å². The summed E-state index contributed by atoms with van der Waals surface area (Å²) in [5.74, 6) is -0.912. The molecule has 2 rings (SSSR count). The first-order chi connectivity index (χ1) is 6.27. The van der Waals surface area contributed by atoms with Crippen molar-refractivity contribution >= 4 is 11.7 Å². The van der Waals surface area contributed by atoms with E-state index < -0.39 is 5.97 Å². The van der Waals surface area contributed by atoms with Gasteiger partial charge in [-0.15, -0.1) is 0 Å². The second kappa shape index (κ2) is 3.09. The molecule has 0 saturated heterocycles. The fraction of sp³-hybridized carbons (Fsp3) is 0.300. The molecule has 0 aromatic heterocycles. The molecule has 0 saturated carbocycles. The fourth-order valence-corrected chi connectivity index (χ4v) is 1.74. The van der Waals surface area contributed by atoms with Crippen LogP contribution in [-0.4, -0.2) is 12.5 Å². The number of benzene rings is 1. The lowest BCUT2D eigenvalue weighted by atomic mass is 9.98. The molecule has 0 spiro atoms. The molecule has 0 aliphatic carbocycles. The van der Waals surface area contributed by atoms with Crippen molar-refractivity contribution in [3.8, 4) is 0 Å². The molecule has 1 N–H and O–H groups in total. The number of fused-ring (bicyclic) bond motifs is 1. The summed E-state index contributed by atoms with van der Waals surface area (Å²) in [6.45, 7) is 0.702. The maximum Gasteiger partial charge on any atom is 0.0421 e. The highest BCUT2D eigenvalue weighted by Crippen LogP contribution is 2.32. The first kappa shape index (κ1) is 8.10. The van der Waals surface area contributed by atoms with Crippen molar-refractivity contribution in [1.29, 1.82) is 0 Å². The van der Waals surface area contributed by atoms with Crippen LogP contribution in [0.25, 0.3) is 0 Å². The van der Waals surface area contributed by atoms with Gasteiger partial charge >= 0.3 is 0 Å². The average molecular weight is 176 g/mol. The number of carbonyl (C=O) groups excluding carboxylic acids is 1. The molecule has 1 heterocycles. The predicted octanol–water partition coefficient (Wildman–Crippen LogP) is 0.336. The largest absolute Gasteiger partial charge is 0.550 e. The van der Waals surface area contributed by atoms with Crippen LogP contribution >= 0.6 is 0 Å². The van der Waals surface area contributed by atoms with E-state index in [1.54, 1.807) is 0 Å². The number of anilines is 1. The lowest BCUT2D eigenvalue weighted by Gasteiger charge is -2.09. The molecule has 1 aromatic carbocycles. The number of rotatable bonds is 2. The highest BCUT2D eigenvalue weighted by molar-refractivity contribution is 5.68. The highest BCUT2D eigenvalue weighted by atomic mass is 16.4. The van der Waals surface area contributed by atoms with E-state index in [4.69, 9.17) is 0 Å². The Hall–Kier alpha value is -1.51. The Morgan fingerprint density at radius 2 is 2.31 bits per heavy atom. The van der Waals surface area contributed by atoms with Gasteiger partial charge in [0.1, 0.15) is 0 Å². The molecular formula is C10H10NO2-. The number of aliphatic carboxylic acids is 1. The Balaban J connectivity index is 2.23. The van der Waals surface area contributed by atoms with Crippen LogP contribution in [0.15, 0.2) is 24.3 Å². The molecule has 3 nitrogen and oxygen atoms in total. The summed E-state index contributed by atoms with van der Waals surface area (Å²) in [6.07, 6.45) is 0.101. The van der Waals surface area contributed by atoms with E-state index in [9.17, 15) is 9.90 Å². The van der Waals surface area contributed by atoms with Crippen molar-refractivity contribution in [1.82, 2.24) is 0 Å². The zero-order valence-electron chi connectivity index (χ0n) is 7.12. The molecule has 1 aliphatic rings. The van der Waals surface area contributed by atoms with E-state index in [0.717, 1.165) is 11.3 Å². The van der Waals surface area contributed by atoms with Crippen LogP contribution in [0.3, 0.4) is 0 Å². The third-order valence-electron chi connectivity index (χ3n) is 2.35. The van der Waals surface area contributed by atoms with E-state index in [2.05, 4.69) is 5.32 Å². The maximum atomic E-state index is 10.4. The molecule has 1 aliphatic heterocycles. The van der Waals surface area contributed by atoms with E-state index in [1.807, 2.05) is 24.3 Å². The third kappa shape index (κ3) is 1.49. The number of carboxylic acids is 1. The minimum absolute atomic E-state index is 0.0706. The molecule has 68 valence electrons. The van der Waals surface area contributed by atoms with Gasteiger partial charge < -0.3 is 15.2 Å². The van der Waals surface area contributed by atoms with Crippen LogP contribution in [0.4, 0.5) is 5.69 Å². The third-order valence-corrected chi connectivity index (χ3v) is 2.35. The van der Waals surface area contributed by atoms with Crippen molar-refractivity contribution in [3.05, 3.63) is 29.8 Å². The normalized spacial score (nSPS) is 19.2. The molecule has 3 heteroatoms. The molecule has 1 unspecified atom stereocenters. The van der Waals surface area contributed by atoms with Gasteiger partial charge in [0.2, 0.25) is 0 Å². The monoisotopic (exact) mass is 176 g/mol. The molecule has 0 radical (unpaired) electrons. The van der Waals surface area contributed by atoms with Crippen molar-refractivity contribution in [2.45, 2.75) is 12.3 Å². The number of nitrogens with one attached hydrogen (secondary N) is 1. The number of hydrogen-bond acceptors (Lipinski definition) is 3. The second-order valence-corrected chi connectivity index (χ2v) is 3.24. The van der Waals surface area contributed by atoms with Crippen LogP contribution in [0.5, 0.6) is 0 Å². The molecule has 13 heavy (non-hydrogen) atoms. The molecule has 0 fully saturated rings. The Morgan fingerprint density at radius 3 is 3.08 bits per heavy atom. The number of hydrogen-bond donors (Lipinski definition) is 1. The van der Waals surface area contributed by atoms with E-state index in [0.29, 0.717) is 6.54 Å². The van der Waals surface area contributed by atoms with Crippen LogP contribution in [-0.2, 0) is 4.79 Å².